The number of aliphatic imine (C=N–C) groups is 1. The van der Waals surface area contributed by atoms with E-state index in [9.17, 15) is 13.2 Å². The maximum Gasteiger partial charge on any atom is 0.252 e. The Bertz CT molecular complexity index is 1090. The van der Waals surface area contributed by atoms with Crippen LogP contribution in [0.15, 0.2) is 47.5 Å². The van der Waals surface area contributed by atoms with E-state index in [-0.39, 0.29) is 35.1 Å². The zero-order valence-electron chi connectivity index (χ0n) is 16.8. The molecule has 0 radical (unpaired) electrons. The highest BCUT2D eigenvalue weighted by Gasteiger charge is 2.49. The Balaban J connectivity index is 1.67. The number of fused-ring (bicyclic) bond motifs is 1. The molecule has 5 nitrogen and oxygen atoms in total. The van der Waals surface area contributed by atoms with Crippen molar-refractivity contribution in [2.45, 2.75) is 38.5 Å². The molecule has 2 saturated heterocycles. The summed E-state index contributed by atoms with van der Waals surface area (Å²) in [5, 5.41) is 0.520. The molecular weight excluding hydrogens is 404 g/mol. The van der Waals surface area contributed by atoms with Gasteiger partial charge in [0.1, 0.15) is 0 Å². The summed E-state index contributed by atoms with van der Waals surface area (Å²) in [4.78, 5) is 19.1. The molecule has 1 amide bonds. The summed E-state index contributed by atoms with van der Waals surface area (Å²) in [5.41, 5.74) is 5.21. The van der Waals surface area contributed by atoms with Crippen LogP contribution in [0.3, 0.4) is 0 Å². The van der Waals surface area contributed by atoms with Crippen molar-refractivity contribution in [3.63, 3.8) is 0 Å². The predicted octanol–water partition coefficient (Wildman–Crippen LogP) is 3.46. The molecule has 0 spiro atoms. The molecule has 0 bridgehead atoms. The van der Waals surface area contributed by atoms with Crippen molar-refractivity contribution in [3.8, 4) is 0 Å². The maximum atomic E-state index is 12.7. The van der Waals surface area contributed by atoms with Crippen molar-refractivity contribution < 1.29 is 13.2 Å². The van der Waals surface area contributed by atoms with Gasteiger partial charge in [0.25, 0.3) is 5.91 Å². The molecule has 152 valence electrons. The first kappa shape index (κ1) is 20.2. The lowest BCUT2D eigenvalue weighted by Gasteiger charge is -2.26. The van der Waals surface area contributed by atoms with Gasteiger partial charge >= 0.3 is 0 Å². The fourth-order valence-corrected chi connectivity index (χ4v) is 7.79. The van der Waals surface area contributed by atoms with Crippen molar-refractivity contribution in [1.29, 1.82) is 0 Å². The first-order chi connectivity index (χ1) is 13.7. The molecule has 0 aliphatic carbocycles. The molecule has 2 aromatic carbocycles. The van der Waals surface area contributed by atoms with Gasteiger partial charge in [0, 0.05) is 10.9 Å². The fraction of sp³-hybridized carbons (Fsp3) is 0.364. The minimum Gasteiger partial charge on any atom is -0.315 e. The van der Waals surface area contributed by atoms with E-state index in [2.05, 4.69) is 4.99 Å². The minimum atomic E-state index is -3.08. The van der Waals surface area contributed by atoms with Gasteiger partial charge in [-0.1, -0.05) is 53.7 Å². The first-order valence-electron chi connectivity index (χ1n) is 9.63. The predicted molar refractivity (Wildman–Crippen MR) is 120 cm³/mol. The van der Waals surface area contributed by atoms with E-state index in [0.29, 0.717) is 5.17 Å². The van der Waals surface area contributed by atoms with Gasteiger partial charge in [0.05, 0.1) is 24.0 Å². The molecule has 2 aliphatic heterocycles. The van der Waals surface area contributed by atoms with Gasteiger partial charge in [-0.05, 0) is 43.5 Å². The highest BCUT2D eigenvalue weighted by atomic mass is 32.2. The zero-order chi connectivity index (χ0) is 20.8. The first-order valence-corrected chi connectivity index (χ1v) is 12.3. The number of amides is 1. The smallest absolute Gasteiger partial charge is 0.252 e. The second-order valence-electron chi connectivity index (χ2n) is 7.84. The molecule has 2 heterocycles. The van der Waals surface area contributed by atoms with Gasteiger partial charge < -0.3 is 4.90 Å². The molecule has 0 unspecified atom stereocenters. The van der Waals surface area contributed by atoms with Crippen LogP contribution in [-0.2, 0) is 21.1 Å². The van der Waals surface area contributed by atoms with Gasteiger partial charge in [-0.25, -0.2) is 8.42 Å². The molecule has 4 rings (SSSR count). The Morgan fingerprint density at radius 2 is 1.83 bits per heavy atom. The van der Waals surface area contributed by atoms with Gasteiger partial charge in [-0.2, -0.15) is 4.99 Å². The molecule has 2 atom stereocenters. The van der Waals surface area contributed by atoms with Crippen molar-refractivity contribution in [2.24, 2.45) is 4.99 Å². The van der Waals surface area contributed by atoms with Crippen LogP contribution < -0.4 is 4.90 Å². The Labute approximate surface area is 176 Å². The van der Waals surface area contributed by atoms with Crippen LogP contribution in [0.5, 0.6) is 0 Å². The highest BCUT2D eigenvalue weighted by Crippen LogP contribution is 2.42. The Kier molecular flexibility index (Phi) is 5.29. The molecular formula is C22H24N2O3S2. The maximum absolute atomic E-state index is 12.7. The molecule has 2 aliphatic rings. The third-order valence-electron chi connectivity index (χ3n) is 5.60. The number of rotatable bonds is 3. The monoisotopic (exact) mass is 428 g/mol. The lowest BCUT2D eigenvalue weighted by molar-refractivity contribution is -0.117. The van der Waals surface area contributed by atoms with Crippen LogP contribution in [0.2, 0.25) is 0 Å². The number of carbonyl (C=O) groups excluding carboxylic acids is 1. The summed E-state index contributed by atoms with van der Waals surface area (Å²) in [6, 6.07) is 13.6. The largest absolute Gasteiger partial charge is 0.315 e. The Morgan fingerprint density at radius 1 is 1.10 bits per heavy atom. The van der Waals surface area contributed by atoms with Crippen LogP contribution in [0.1, 0.15) is 22.3 Å². The second-order valence-corrected chi connectivity index (χ2v) is 11.2. The summed E-state index contributed by atoms with van der Waals surface area (Å²) in [7, 11) is -3.08. The standard InChI is InChI=1S/C22H24N2O3S2/c1-14-7-9-17(10-8-14)11-21(25)23-22-24(18-6-4-5-15(2)16(18)3)19-12-29(26,27)13-20(19)28-22/h4-10,19-20H,11-13H2,1-3H3/t19-,20+/m1/s1. The second kappa shape index (κ2) is 7.61. The molecule has 29 heavy (non-hydrogen) atoms. The number of hydrogen-bond acceptors (Lipinski definition) is 4. The number of anilines is 1. The Morgan fingerprint density at radius 3 is 2.55 bits per heavy atom. The van der Waals surface area contributed by atoms with Crippen molar-refractivity contribution in [3.05, 3.63) is 64.7 Å². The van der Waals surface area contributed by atoms with E-state index in [0.717, 1.165) is 27.9 Å². The minimum absolute atomic E-state index is 0.0918. The van der Waals surface area contributed by atoms with Gasteiger partial charge in [-0.3, -0.25) is 4.79 Å². The van der Waals surface area contributed by atoms with Gasteiger partial charge in [-0.15, -0.1) is 0 Å². The summed E-state index contributed by atoms with van der Waals surface area (Å²) < 4.78 is 24.4. The van der Waals surface area contributed by atoms with E-state index in [4.69, 9.17) is 0 Å². The number of amidine groups is 1. The van der Waals surface area contributed by atoms with Crippen LogP contribution >= 0.6 is 11.8 Å². The number of benzene rings is 2. The molecule has 2 aromatic rings. The van der Waals surface area contributed by atoms with Gasteiger partial charge in [0.2, 0.25) is 0 Å². The zero-order valence-corrected chi connectivity index (χ0v) is 18.4. The number of carbonyl (C=O) groups is 1. The summed E-state index contributed by atoms with van der Waals surface area (Å²) in [6.07, 6.45) is 0.235. The summed E-state index contributed by atoms with van der Waals surface area (Å²) >= 11 is 1.42. The molecule has 0 N–H and O–H groups in total. The number of nitrogens with zero attached hydrogens (tertiary/aromatic N) is 2. The van der Waals surface area contributed by atoms with E-state index < -0.39 is 9.84 Å². The molecule has 2 fully saturated rings. The summed E-state index contributed by atoms with van der Waals surface area (Å²) in [6.45, 7) is 6.07. The number of hydrogen-bond donors (Lipinski definition) is 0. The Hall–Kier alpha value is -2.12. The van der Waals surface area contributed by atoms with Crippen LogP contribution in [0.25, 0.3) is 0 Å². The lowest BCUT2D eigenvalue weighted by Crippen LogP contribution is -2.38. The third-order valence-corrected chi connectivity index (χ3v) is 8.81. The van der Waals surface area contributed by atoms with Gasteiger partial charge in [0.15, 0.2) is 15.0 Å². The number of thioether (sulfide) groups is 1. The van der Waals surface area contributed by atoms with Crippen LogP contribution in [0.4, 0.5) is 5.69 Å². The van der Waals surface area contributed by atoms with Crippen molar-refractivity contribution >= 4 is 38.4 Å². The lowest BCUT2D eigenvalue weighted by atomic mass is 10.1. The quantitative estimate of drug-likeness (QED) is 0.749. The van der Waals surface area contributed by atoms with E-state index >= 15 is 0 Å². The topological polar surface area (TPSA) is 66.8 Å². The normalized spacial score (nSPS) is 24.1. The van der Waals surface area contributed by atoms with Crippen LogP contribution in [-0.4, -0.2) is 42.3 Å². The van der Waals surface area contributed by atoms with Crippen molar-refractivity contribution in [1.82, 2.24) is 0 Å². The molecule has 0 saturated carbocycles. The molecule has 7 heteroatoms. The van der Waals surface area contributed by atoms with Crippen molar-refractivity contribution in [2.75, 3.05) is 16.4 Å². The average molecular weight is 429 g/mol. The summed E-state index contributed by atoms with van der Waals surface area (Å²) in [5.74, 6) is 0.0208. The van der Waals surface area contributed by atoms with Crippen LogP contribution in [0, 0.1) is 20.8 Å². The SMILES string of the molecule is Cc1ccc(CC(=O)N=C2S[C@H]3CS(=O)(=O)C[C@H]3N2c2cccc(C)c2C)cc1. The third kappa shape index (κ3) is 4.12. The fourth-order valence-electron chi connectivity index (χ4n) is 3.87. The number of aryl methyl sites for hydroxylation is 2. The highest BCUT2D eigenvalue weighted by molar-refractivity contribution is 8.16. The number of sulfone groups is 1. The van der Waals surface area contributed by atoms with E-state index in [1.165, 1.54) is 11.8 Å². The van der Waals surface area contributed by atoms with E-state index in [1.54, 1.807) is 0 Å². The molecule has 0 aromatic heterocycles. The van der Waals surface area contributed by atoms with E-state index in [1.807, 2.05) is 68.1 Å². The average Bonchev–Trinajstić information content (AvgIpc) is 3.10.